The van der Waals surface area contributed by atoms with Crippen LogP contribution in [0.5, 0.6) is 5.75 Å². The second-order valence-corrected chi connectivity index (χ2v) is 10.4. The van der Waals surface area contributed by atoms with Gasteiger partial charge in [-0.15, -0.1) is 0 Å². The highest BCUT2D eigenvalue weighted by Gasteiger charge is 2.52. The van der Waals surface area contributed by atoms with Crippen molar-refractivity contribution in [2.24, 2.45) is 0 Å². The molecule has 8 heteroatoms. The van der Waals surface area contributed by atoms with Crippen LogP contribution in [0, 0.1) is 5.82 Å². The number of benzene rings is 2. The first-order chi connectivity index (χ1) is 13.7. The summed E-state index contributed by atoms with van der Waals surface area (Å²) in [6, 6.07) is 11.2. The molecule has 2 fully saturated rings. The van der Waals surface area contributed by atoms with Crippen molar-refractivity contribution in [3.05, 3.63) is 58.9 Å². The van der Waals surface area contributed by atoms with E-state index in [9.17, 15) is 17.9 Å². The minimum Gasteiger partial charge on any atom is -0.506 e. The first kappa shape index (κ1) is 20.4. The summed E-state index contributed by atoms with van der Waals surface area (Å²) >= 11 is 6.02. The molecule has 29 heavy (non-hydrogen) atoms. The minimum absolute atomic E-state index is 0.0583. The van der Waals surface area contributed by atoms with Crippen LogP contribution < -0.4 is 4.31 Å². The Morgan fingerprint density at radius 1 is 1.24 bits per heavy atom. The maximum absolute atomic E-state index is 13.8. The van der Waals surface area contributed by atoms with Crippen molar-refractivity contribution in [3.8, 4) is 5.75 Å². The van der Waals surface area contributed by atoms with E-state index < -0.39 is 21.4 Å². The number of hydrogen-bond acceptors (Lipinski definition) is 4. The molecule has 4 rings (SSSR count). The number of anilines is 1. The van der Waals surface area contributed by atoms with Gasteiger partial charge >= 0.3 is 0 Å². The van der Waals surface area contributed by atoms with Gasteiger partial charge in [0.15, 0.2) is 0 Å². The fourth-order valence-electron chi connectivity index (χ4n) is 4.73. The largest absolute Gasteiger partial charge is 0.506 e. The van der Waals surface area contributed by atoms with Crippen LogP contribution in [0.1, 0.15) is 31.7 Å². The number of piperidine rings is 1. The second-order valence-electron chi connectivity index (χ2n) is 8.09. The summed E-state index contributed by atoms with van der Waals surface area (Å²) in [6.07, 6.45) is 1.91. The van der Waals surface area contributed by atoms with Gasteiger partial charge in [0.05, 0.1) is 22.0 Å². The molecule has 1 N–H and O–H groups in total. The number of aromatic hydroxyl groups is 1. The molecule has 1 spiro atoms. The molecule has 0 aliphatic carbocycles. The Hall–Kier alpha value is -1.83. The van der Waals surface area contributed by atoms with Gasteiger partial charge in [0.1, 0.15) is 11.6 Å². The van der Waals surface area contributed by atoms with Crippen molar-refractivity contribution in [1.29, 1.82) is 0 Å². The number of phenols is 1. The van der Waals surface area contributed by atoms with Gasteiger partial charge in [0.25, 0.3) is 0 Å². The Morgan fingerprint density at radius 2 is 2.03 bits per heavy atom. The summed E-state index contributed by atoms with van der Waals surface area (Å²) in [5.41, 5.74) is 0.889. The van der Waals surface area contributed by atoms with Gasteiger partial charge < -0.3 is 5.11 Å². The van der Waals surface area contributed by atoms with Crippen LogP contribution in [0.3, 0.4) is 0 Å². The van der Waals surface area contributed by atoms with Gasteiger partial charge in [0.2, 0.25) is 10.0 Å². The summed E-state index contributed by atoms with van der Waals surface area (Å²) in [7, 11) is -3.47. The topological polar surface area (TPSA) is 60.9 Å². The van der Waals surface area contributed by atoms with Crippen LogP contribution in [-0.4, -0.2) is 42.3 Å². The number of likely N-dealkylation sites (tertiary alicyclic amines) is 1. The molecule has 2 aliphatic rings. The van der Waals surface area contributed by atoms with Crippen molar-refractivity contribution in [2.45, 2.75) is 44.3 Å². The number of sulfonamides is 1. The monoisotopic (exact) mass is 438 g/mol. The zero-order valence-corrected chi connectivity index (χ0v) is 17.8. The maximum atomic E-state index is 13.8. The fraction of sp³-hybridized carbons (Fsp3) is 0.429. The van der Waals surface area contributed by atoms with Gasteiger partial charge in [-0.05, 0) is 62.1 Å². The Bertz CT molecular complexity index is 1030. The summed E-state index contributed by atoms with van der Waals surface area (Å²) in [5, 5.41) is 9.93. The van der Waals surface area contributed by atoms with Crippen molar-refractivity contribution in [3.63, 3.8) is 0 Å². The van der Waals surface area contributed by atoms with E-state index in [-0.39, 0.29) is 17.5 Å². The van der Waals surface area contributed by atoms with Crippen LogP contribution >= 0.6 is 11.6 Å². The SMILES string of the molecule is CC1CC2(CCN1Cc1ccc(O)c(Cl)c1)CCS(=O)(=O)N2c1cccc(F)c1. The molecule has 5 nitrogen and oxygen atoms in total. The molecule has 2 aromatic rings. The molecule has 0 amide bonds. The lowest BCUT2D eigenvalue weighted by atomic mass is 9.81. The molecule has 0 bridgehead atoms. The zero-order chi connectivity index (χ0) is 20.8. The summed E-state index contributed by atoms with van der Waals surface area (Å²) in [4.78, 5) is 2.29. The molecule has 2 heterocycles. The Kier molecular flexibility index (Phi) is 5.25. The third kappa shape index (κ3) is 3.83. The molecule has 0 saturated carbocycles. The van der Waals surface area contributed by atoms with E-state index in [0.717, 1.165) is 12.1 Å². The fourth-order valence-corrected chi connectivity index (χ4v) is 7.03. The third-order valence-corrected chi connectivity index (χ3v) is 8.32. The lowest BCUT2D eigenvalue weighted by molar-refractivity contribution is 0.102. The molecule has 156 valence electrons. The predicted octanol–water partition coefficient (Wildman–Crippen LogP) is 4.15. The molecular weight excluding hydrogens is 415 g/mol. The number of nitrogens with zero attached hydrogens (tertiary/aromatic N) is 2. The van der Waals surface area contributed by atoms with Crippen LogP contribution in [0.15, 0.2) is 42.5 Å². The van der Waals surface area contributed by atoms with E-state index in [4.69, 9.17) is 11.6 Å². The van der Waals surface area contributed by atoms with Crippen LogP contribution in [0.4, 0.5) is 10.1 Å². The Morgan fingerprint density at radius 3 is 2.72 bits per heavy atom. The van der Waals surface area contributed by atoms with Crippen LogP contribution in [-0.2, 0) is 16.6 Å². The normalized spacial score (nSPS) is 26.9. The van der Waals surface area contributed by atoms with E-state index in [1.165, 1.54) is 16.4 Å². The van der Waals surface area contributed by atoms with Crippen LogP contribution in [0.25, 0.3) is 0 Å². The minimum atomic E-state index is -3.47. The average Bonchev–Trinajstić information content (AvgIpc) is 2.91. The van der Waals surface area contributed by atoms with Gasteiger partial charge in [-0.2, -0.15) is 0 Å². The summed E-state index contributed by atoms with van der Waals surface area (Å²) in [5.74, 6) is -0.290. The van der Waals surface area contributed by atoms with E-state index in [2.05, 4.69) is 11.8 Å². The third-order valence-electron chi connectivity index (χ3n) is 6.14. The first-order valence-electron chi connectivity index (χ1n) is 9.70. The Balaban J connectivity index is 1.57. The molecule has 2 atom stereocenters. The predicted molar refractivity (Wildman–Crippen MR) is 112 cm³/mol. The second kappa shape index (κ2) is 7.45. The standard InChI is InChI=1S/C21H24ClFN2O3S/c1-15-13-21(7-9-24(15)14-16-5-6-20(26)19(22)11-16)8-10-29(27,28)25(21)18-4-2-3-17(23)12-18/h2-6,11-12,15,26H,7-10,13-14H2,1H3. The molecule has 2 aliphatic heterocycles. The molecule has 2 saturated heterocycles. The molecule has 2 unspecified atom stereocenters. The molecule has 0 aromatic heterocycles. The quantitative estimate of drug-likeness (QED) is 0.782. The van der Waals surface area contributed by atoms with E-state index in [1.807, 2.05) is 6.07 Å². The number of halogens is 2. The maximum Gasteiger partial charge on any atom is 0.235 e. The van der Waals surface area contributed by atoms with Crippen molar-refractivity contribution < 1.29 is 17.9 Å². The lowest BCUT2D eigenvalue weighted by Crippen LogP contribution is -2.56. The van der Waals surface area contributed by atoms with Crippen molar-refractivity contribution in [1.82, 2.24) is 4.90 Å². The highest BCUT2D eigenvalue weighted by molar-refractivity contribution is 7.93. The highest BCUT2D eigenvalue weighted by Crippen LogP contribution is 2.45. The number of phenolic OH excluding ortho intramolecular Hbond substituents is 1. The van der Waals surface area contributed by atoms with Gasteiger partial charge in [-0.25, -0.2) is 12.8 Å². The van der Waals surface area contributed by atoms with Gasteiger partial charge in [0, 0.05) is 19.1 Å². The van der Waals surface area contributed by atoms with Crippen LogP contribution in [0.2, 0.25) is 5.02 Å². The smallest absolute Gasteiger partial charge is 0.235 e. The highest BCUT2D eigenvalue weighted by atomic mass is 35.5. The molecule has 0 radical (unpaired) electrons. The number of rotatable bonds is 3. The molecular formula is C21H24ClFN2O3S. The van der Waals surface area contributed by atoms with Gasteiger partial charge in [-0.3, -0.25) is 9.21 Å². The van der Waals surface area contributed by atoms with E-state index in [0.29, 0.717) is 36.5 Å². The van der Waals surface area contributed by atoms with Crippen molar-refractivity contribution in [2.75, 3.05) is 16.6 Å². The number of hydrogen-bond donors (Lipinski definition) is 1. The molecule has 2 aromatic carbocycles. The van der Waals surface area contributed by atoms with E-state index >= 15 is 0 Å². The van der Waals surface area contributed by atoms with Gasteiger partial charge in [-0.1, -0.05) is 23.7 Å². The summed E-state index contributed by atoms with van der Waals surface area (Å²) in [6.45, 7) is 3.49. The Labute approximate surface area is 175 Å². The lowest BCUT2D eigenvalue weighted by Gasteiger charge is -2.47. The first-order valence-corrected chi connectivity index (χ1v) is 11.7. The van der Waals surface area contributed by atoms with Crippen molar-refractivity contribution >= 4 is 27.3 Å². The zero-order valence-electron chi connectivity index (χ0n) is 16.2. The summed E-state index contributed by atoms with van der Waals surface area (Å²) < 4.78 is 41.0. The van der Waals surface area contributed by atoms with E-state index in [1.54, 1.807) is 24.3 Å². The average molecular weight is 439 g/mol.